The first-order chi connectivity index (χ1) is 14.9. The second-order valence-corrected chi connectivity index (χ2v) is 9.69. The minimum Gasteiger partial charge on any atom is -0.486 e. The second-order valence-electron chi connectivity index (χ2n) is 7.64. The maximum Gasteiger partial charge on any atom is 0.290 e. The van der Waals surface area contributed by atoms with Crippen molar-refractivity contribution in [2.75, 3.05) is 25.5 Å². The lowest BCUT2D eigenvalue weighted by molar-refractivity contribution is -0.133. The molecular formula is C23H24FNO5S. The van der Waals surface area contributed by atoms with Crippen molar-refractivity contribution in [2.45, 2.75) is 25.5 Å². The highest BCUT2D eigenvalue weighted by atomic mass is 32.2. The number of hydrogen-bond donors (Lipinski definition) is 0. The normalized spacial score (nSPS) is 20.4. The molecule has 2 aliphatic heterocycles. The van der Waals surface area contributed by atoms with E-state index in [2.05, 4.69) is 0 Å². The molecule has 1 fully saturated rings. The zero-order valence-corrected chi connectivity index (χ0v) is 17.8. The Bertz CT molecular complexity index is 1080. The quantitative estimate of drug-likeness (QED) is 0.683. The van der Waals surface area contributed by atoms with E-state index in [-0.39, 0.29) is 42.2 Å². The molecule has 0 spiro atoms. The Morgan fingerprint density at radius 1 is 1.10 bits per heavy atom. The van der Waals surface area contributed by atoms with Crippen LogP contribution in [0, 0.1) is 5.82 Å². The largest absolute Gasteiger partial charge is 0.486 e. The molecule has 0 aliphatic carbocycles. The lowest BCUT2D eigenvalue weighted by Crippen LogP contribution is -2.40. The van der Waals surface area contributed by atoms with Crippen LogP contribution in [0.3, 0.4) is 0 Å². The summed E-state index contributed by atoms with van der Waals surface area (Å²) >= 11 is 0. The van der Waals surface area contributed by atoms with Crippen LogP contribution < -0.4 is 0 Å². The Hall–Kier alpha value is -2.71. The monoisotopic (exact) mass is 445 g/mol. The Morgan fingerprint density at radius 2 is 1.90 bits per heavy atom. The van der Waals surface area contributed by atoms with Crippen LogP contribution in [0.2, 0.25) is 0 Å². The third-order valence-electron chi connectivity index (χ3n) is 5.34. The van der Waals surface area contributed by atoms with Crippen molar-refractivity contribution in [1.29, 1.82) is 0 Å². The maximum atomic E-state index is 13.7. The predicted molar refractivity (Wildman–Crippen MR) is 114 cm³/mol. The van der Waals surface area contributed by atoms with E-state index in [0.717, 1.165) is 12.8 Å². The fraction of sp³-hybridized carbons (Fsp3) is 0.348. The number of carbonyl (C=O) groups is 1. The van der Waals surface area contributed by atoms with Crippen LogP contribution in [0.4, 0.5) is 4.39 Å². The van der Waals surface area contributed by atoms with Gasteiger partial charge in [0.1, 0.15) is 17.3 Å². The predicted octanol–water partition coefficient (Wildman–Crippen LogP) is 3.15. The molecule has 2 aliphatic rings. The van der Waals surface area contributed by atoms with Crippen LogP contribution in [-0.4, -0.2) is 50.8 Å². The molecule has 0 N–H and O–H groups in total. The molecule has 1 atom stereocenters. The number of ether oxygens (including phenoxy) is 2. The van der Waals surface area contributed by atoms with Crippen LogP contribution in [0.5, 0.6) is 0 Å². The third kappa shape index (κ3) is 4.97. The lowest BCUT2D eigenvalue weighted by Gasteiger charge is -2.29. The summed E-state index contributed by atoms with van der Waals surface area (Å²) in [4.78, 5) is 15.0. The van der Waals surface area contributed by atoms with Crippen molar-refractivity contribution in [1.82, 2.24) is 4.90 Å². The summed E-state index contributed by atoms with van der Waals surface area (Å²) in [5.74, 6) is -1.32. The van der Waals surface area contributed by atoms with Crippen LogP contribution >= 0.6 is 0 Å². The van der Waals surface area contributed by atoms with Gasteiger partial charge in [0, 0.05) is 19.7 Å². The number of carbonyl (C=O) groups excluding carboxylic acids is 1. The summed E-state index contributed by atoms with van der Waals surface area (Å²) in [6.45, 7) is 0.915. The Labute approximate surface area is 181 Å². The minimum atomic E-state index is -3.70. The van der Waals surface area contributed by atoms with Crippen molar-refractivity contribution in [3.05, 3.63) is 77.3 Å². The fourth-order valence-electron chi connectivity index (χ4n) is 3.87. The topological polar surface area (TPSA) is 72.9 Å². The number of halogens is 1. The first-order valence-corrected chi connectivity index (χ1v) is 11.9. The van der Waals surface area contributed by atoms with E-state index in [1.165, 1.54) is 17.0 Å². The second kappa shape index (κ2) is 9.20. The molecule has 164 valence electrons. The van der Waals surface area contributed by atoms with Crippen LogP contribution in [0.15, 0.2) is 60.4 Å². The molecular weight excluding hydrogens is 421 g/mol. The van der Waals surface area contributed by atoms with Crippen LogP contribution in [0.1, 0.15) is 24.0 Å². The SMILES string of the molecule is O=C(C1=C(c2ccccc2)S(=O)(=O)CCO1)N(Cc1cccc(F)c1)CC1CCCO1. The van der Waals surface area contributed by atoms with E-state index in [4.69, 9.17) is 9.47 Å². The average Bonchev–Trinajstić information content (AvgIpc) is 3.26. The number of rotatable bonds is 6. The third-order valence-corrected chi connectivity index (χ3v) is 7.09. The summed E-state index contributed by atoms with van der Waals surface area (Å²) in [7, 11) is -3.70. The van der Waals surface area contributed by atoms with Crippen LogP contribution in [-0.2, 0) is 30.7 Å². The molecule has 0 radical (unpaired) electrons. The summed E-state index contributed by atoms with van der Waals surface area (Å²) < 4.78 is 50.8. The highest BCUT2D eigenvalue weighted by Gasteiger charge is 2.36. The van der Waals surface area contributed by atoms with Gasteiger partial charge in [-0.05, 0) is 36.1 Å². The summed E-state index contributed by atoms with van der Waals surface area (Å²) in [6, 6.07) is 14.5. The average molecular weight is 446 g/mol. The van der Waals surface area contributed by atoms with Gasteiger partial charge in [-0.25, -0.2) is 12.8 Å². The Balaban J connectivity index is 1.73. The van der Waals surface area contributed by atoms with E-state index in [9.17, 15) is 17.6 Å². The van der Waals surface area contributed by atoms with Crippen molar-refractivity contribution >= 4 is 20.6 Å². The van der Waals surface area contributed by atoms with Gasteiger partial charge >= 0.3 is 0 Å². The first-order valence-electron chi connectivity index (χ1n) is 10.2. The smallest absolute Gasteiger partial charge is 0.290 e. The van der Waals surface area contributed by atoms with Crippen LogP contribution in [0.25, 0.3) is 4.91 Å². The zero-order chi connectivity index (χ0) is 21.8. The standard InChI is InChI=1S/C23H24FNO5S/c24-19-9-4-6-17(14-19)15-25(16-20-10-5-11-29-20)23(26)21-22(18-7-2-1-3-8-18)31(27,28)13-12-30-21/h1-4,6-9,14,20H,5,10-13,15-16H2. The molecule has 0 aromatic heterocycles. The fourth-order valence-corrected chi connectivity index (χ4v) is 5.30. The van der Waals surface area contributed by atoms with E-state index in [1.54, 1.807) is 42.5 Å². The molecule has 6 nitrogen and oxygen atoms in total. The van der Waals surface area contributed by atoms with Gasteiger partial charge in [-0.3, -0.25) is 4.79 Å². The summed E-state index contributed by atoms with van der Waals surface area (Å²) in [6.07, 6.45) is 1.55. The van der Waals surface area contributed by atoms with Crippen molar-refractivity contribution in [3.63, 3.8) is 0 Å². The molecule has 0 saturated carbocycles. The number of nitrogens with zero attached hydrogens (tertiary/aromatic N) is 1. The molecule has 1 amide bonds. The molecule has 1 saturated heterocycles. The van der Waals surface area contributed by atoms with E-state index >= 15 is 0 Å². The van der Waals surface area contributed by atoms with Gasteiger partial charge in [-0.2, -0.15) is 0 Å². The Kier molecular flexibility index (Phi) is 6.38. The van der Waals surface area contributed by atoms with Gasteiger partial charge in [0.05, 0.1) is 11.9 Å². The van der Waals surface area contributed by atoms with Crippen molar-refractivity contribution in [2.24, 2.45) is 0 Å². The van der Waals surface area contributed by atoms with E-state index < -0.39 is 21.6 Å². The lowest BCUT2D eigenvalue weighted by atomic mass is 10.1. The Morgan fingerprint density at radius 3 is 2.61 bits per heavy atom. The summed E-state index contributed by atoms with van der Waals surface area (Å²) in [5, 5.41) is 0. The van der Waals surface area contributed by atoms with Gasteiger partial charge in [-0.1, -0.05) is 42.5 Å². The van der Waals surface area contributed by atoms with Gasteiger partial charge in [-0.15, -0.1) is 0 Å². The van der Waals surface area contributed by atoms with E-state index in [1.807, 2.05) is 0 Å². The molecule has 4 rings (SSSR count). The van der Waals surface area contributed by atoms with Gasteiger partial charge in [0.2, 0.25) is 5.76 Å². The van der Waals surface area contributed by atoms with Crippen molar-refractivity contribution < 1.29 is 27.1 Å². The molecule has 31 heavy (non-hydrogen) atoms. The van der Waals surface area contributed by atoms with Gasteiger partial charge in [0.25, 0.3) is 5.91 Å². The van der Waals surface area contributed by atoms with E-state index in [0.29, 0.717) is 17.7 Å². The first kappa shape index (κ1) is 21.5. The van der Waals surface area contributed by atoms with Crippen molar-refractivity contribution in [3.8, 4) is 0 Å². The number of sulfone groups is 1. The molecule has 2 heterocycles. The highest BCUT2D eigenvalue weighted by Crippen LogP contribution is 2.31. The summed E-state index contributed by atoms with van der Waals surface area (Å²) in [5.41, 5.74) is 1.01. The molecule has 2 aromatic carbocycles. The van der Waals surface area contributed by atoms with Gasteiger partial charge in [0.15, 0.2) is 9.84 Å². The number of benzene rings is 2. The molecule has 0 bridgehead atoms. The highest BCUT2D eigenvalue weighted by molar-refractivity contribution is 8.00. The van der Waals surface area contributed by atoms with Gasteiger partial charge < -0.3 is 14.4 Å². The molecule has 8 heteroatoms. The number of hydrogen-bond acceptors (Lipinski definition) is 5. The number of amides is 1. The minimum absolute atomic E-state index is 0.0898. The molecule has 2 aromatic rings. The molecule has 1 unspecified atom stereocenters. The zero-order valence-electron chi connectivity index (χ0n) is 17.0. The maximum absolute atomic E-state index is 13.7.